The molecule has 0 aliphatic heterocycles. The Morgan fingerprint density at radius 1 is 1.16 bits per heavy atom. The van der Waals surface area contributed by atoms with Crippen molar-refractivity contribution in [3.8, 4) is 5.75 Å². The number of ether oxygens (including phenoxy) is 1. The normalized spacial score (nSPS) is 11.5. The number of allylic oxidation sites excluding steroid dienone is 1. The van der Waals surface area contributed by atoms with Crippen molar-refractivity contribution in [1.82, 2.24) is 14.7 Å². The number of pyridine rings is 2. The Morgan fingerprint density at radius 3 is 2.75 bits per heavy atom. The highest BCUT2D eigenvalue weighted by Gasteiger charge is 2.21. The molecule has 5 rings (SSSR count). The van der Waals surface area contributed by atoms with Crippen LogP contribution in [0.5, 0.6) is 5.75 Å². The number of fused-ring (bicyclic) bond motifs is 5. The van der Waals surface area contributed by atoms with Gasteiger partial charge in [-0.2, -0.15) is 0 Å². The molecule has 0 bridgehead atoms. The summed E-state index contributed by atoms with van der Waals surface area (Å²) in [4.78, 5) is 30.2. The van der Waals surface area contributed by atoms with Crippen LogP contribution in [0.1, 0.15) is 18.9 Å². The fraction of sp³-hybridized carbons (Fsp3) is 0.192. The molecule has 0 saturated carbocycles. The van der Waals surface area contributed by atoms with Gasteiger partial charge in [0.15, 0.2) is 6.61 Å². The molecule has 6 heteroatoms. The summed E-state index contributed by atoms with van der Waals surface area (Å²) in [7, 11) is 0. The first kappa shape index (κ1) is 20.0. The average molecular weight is 425 g/mol. The van der Waals surface area contributed by atoms with Crippen LogP contribution >= 0.6 is 0 Å². The van der Waals surface area contributed by atoms with Crippen molar-refractivity contribution in [2.24, 2.45) is 0 Å². The van der Waals surface area contributed by atoms with E-state index in [1.54, 1.807) is 16.7 Å². The molecule has 160 valence electrons. The van der Waals surface area contributed by atoms with Crippen LogP contribution in [0.4, 0.5) is 0 Å². The molecule has 5 aromatic rings. The van der Waals surface area contributed by atoms with E-state index in [2.05, 4.69) is 16.9 Å². The number of carbonyl (C=O) groups is 1. The van der Waals surface area contributed by atoms with Crippen LogP contribution in [0, 0.1) is 0 Å². The molecule has 0 radical (unpaired) electrons. The number of benzene rings is 2. The lowest BCUT2D eigenvalue weighted by Gasteiger charge is -2.12. The van der Waals surface area contributed by atoms with Gasteiger partial charge in [0.25, 0.3) is 11.5 Å². The molecule has 6 nitrogen and oxygen atoms in total. The lowest BCUT2D eigenvalue weighted by atomic mass is 10.0. The highest BCUT2D eigenvalue weighted by molar-refractivity contribution is 6.19. The molecule has 1 amide bonds. The fourth-order valence-electron chi connectivity index (χ4n) is 4.45. The summed E-state index contributed by atoms with van der Waals surface area (Å²) in [5, 5.41) is 6.16. The van der Waals surface area contributed by atoms with Crippen molar-refractivity contribution in [3.05, 3.63) is 77.2 Å². The van der Waals surface area contributed by atoms with E-state index in [-0.39, 0.29) is 18.1 Å². The van der Waals surface area contributed by atoms with Gasteiger partial charge in [0.2, 0.25) is 0 Å². The third-order valence-corrected chi connectivity index (χ3v) is 5.80. The quantitative estimate of drug-likeness (QED) is 0.313. The van der Waals surface area contributed by atoms with E-state index in [0.717, 1.165) is 44.7 Å². The van der Waals surface area contributed by atoms with Gasteiger partial charge in [-0.1, -0.05) is 31.2 Å². The van der Waals surface area contributed by atoms with Crippen LogP contribution in [-0.2, 0) is 11.2 Å². The lowest BCUT2D eigenvalue weighted by Crippen LogP contribution is -2.29. The standard InChI is InChI=1S/C26H23N3O3/c1-3-7-18-21(32-15-22(30)27-13-4-2)11-10-20-23(18)19-12-14-28-24-16-8-5-6-9-17(16)26(31)29(20)25(19)24/h3,5-6,8-12,14H,1,4,7,13,15H2,2H3,(H,27,30). The van der Waals surface area contributed by atoms with Crippen molar-refractivity contribution < 1.29 is 9.53 Å². The Labute approximate surface area is 184 Å². The zero-order chi connectivity index (χ0) is 22.2. The van der Waals surface area contributed by atoms with Gasteiger partial charge in [-0.15, -0.1) is 6.58 Å². The van der Waals surface area contributed by atoms with E-state index >= 15 is 0 Å². The van der Waals surface area contributed by atoms with Crippen molar-refractivity contribution >= 4 is 44.0 Å². The Morgan fingerprint density at radius 2 is 1.97 bits per heavy atom. The van der Waals surface area contributed by atoms with Gasteiger partial charge >= 0.3 is 0 Å². The summed E-state index contributed by atoms with van der Waals surface area (Å²) in [6, 6.07) is 13.2. The average Bonchev–Trinajstić information content (AvgIpc) is 3.16. The summed E-state index contributed by atoms with van der Waals surface area (Å²) in [5.74, 6) is 0.458. The molecule has 0 aliphatic carbocycles. The van der Waals surface area contributed by atoms with Crippen LogP contribution in [-0.4, -0.2) is 28.4 Å². The Hall–Kier alpha value is -3.93. The molecular formula is C26H23N3O3. The molecule has 0 atom stereocenters. The van der Waals surface area contributed by atoms with Crippen LogP contribution in [0.3, 0.4) is 0 Å². The molecule has 2 aromatic carbocycles. The molecule has 0 spiro atoms. The van der Waals surface area contributed by atoms with Crippen LogP contribution in [0.25, 0.3) is 38.1 Å². The van der Waals surface area contributed by atoms with E-state index in [0.29, 0.717) is 24.1 Å². The molecular weight excluding hydrogens is 402 g/mol. The maximum absolute atomic E-state index is 13.5. The second-order valence-electron chi connectivity index (χ2n) is 7.81. The van der Waals surface area contributed by atoms with Crippen LogP contribution < -0.4 is 15.6 Å². The molecule has 0 unspecified atom stereocenters. The molecule has 0 fully saturated rings. The molecule has 32 heavy (non-hydrogen) atoms. The number of hydrogen-bond acceptors (Lipinski definition) is 4. The van der Waals surface area contributed by atoms with Crippen LogP contribution in [0.15, 0.2) is 66.1 Å². The summed E-state index contributed by atoms with van der Waals surface area (Å²) in [5.41, 5.74) is 3.22. The van der Waals surface area contributed by atoms with E-state index in [1.807, 2.05) is 49.4 Å². The number of amides is 1. The maximum atomic E-state index is 13.5. The summed E-state index contributed by atoms with van der Waals surface area (Å²) >= 11 is 0. The van der Waals surface area contributed by atoms with Crippen molar-refractivity contribution in [2.75, 3.05) is 13.2 Å². The van der Waals surface area contributed by atoms with Gasteiger partial charge in [0.1, 0.15) is 5.75 Å². The van der Waals surface area contributed by atoms with Crippen molar-refractivity contribution in [1.29, 1.82) is 0 Å². The van der Waals surface area contributed by atoms with E-state index in [1.165, 1.54) is 0 Å². The molecule has 0 aliphatic rings. The predicted octanol–water partition coefficient (Wildman–Crippen LogP) is 4.23. The number of nitrogens with zero attached hydrogens (tertiary/aromatic N) is 2. The fourth-order valence-corrected chi connectivity index (χ4v) is 4.45. The van der Waals surface area contributed by atoms with E-state index in [9.17, 15) is 9.59 Å². The monoisotopic (exact) mass is 425 g/mol. The second-order valence-corrected chi connectivity index (χ2v) is 7.81. The summed E-state index contributed by atoms with van der Waals surface area (Å²) in [6.07, 6.45) is 4.99. The zero-order valence-electron chi connectivity index (χ0n) is 17.9. The van der Waals surface area contributed by atoms with Crippen molar-refractivity contribution in [2.45, 2.75) is 19.8 Å². The number of rotatable bonds is 7. The van der Waals surface area contributed by atoms with Crippen molar-refractivity contribution in [3.63, 3.8) is 0 Å². The predicted molar refractivity (Wildman–Crippen MR) is 128 cm³/mol. The largest absolute Gasteiger partial charge is 0.483 e. The minimum absolute atomic E-state index is 0.0640. The first-order valence-corrected chi connectivity index (χ1v) is 10.7. The topological polar surface area (TPSA) is 72.7 Å². The molecule has 1 N–H and O–H groups in total. The molecule has 3 aromatic heterocycles. The summed E-state index contributed by atoms with van der Waals surface area (Å²) < 4.78 is 7.66. The number of carbonyl (C=O) groups excluding carboxylic acids is 1. The minimum Gasteiger partial charge on any atom is -0.483 e. The first-order chi connectivity index (χ1) is 15.7. The SMILES string of the molecule is C=CCc1c(OCC(=O)NCCC)ccc2c1c1ccnc3c4ccccc4c(=O)n2c13. The van der Waals surface area contributed by atoms with Crippen LogP contribution in [0.2, 0.25) is 0 Å². The van der Waals surface area contributed by atoms with Gasteiger partial charge in [0, 0.05) is 39.8 Å². The van der Waals surface area contributed by atoms with Gasteiger partial charge in [-0.3, -0.25) is 19.0 Å². The van der Waals surface area contributed by atoms with Gasteiger partial charge in [0.05, 0.1) is 16.6 Å². The van der Waals surface area contributed by atoms with E-state index < -0.39 is 0 Å². The third kappa shape index (κ3) is 2.99. The first-order valence-electron chi connectivity index (χ1n) is 10.7. The molecule has 3 heterocycles. The van der Waals surface area contributed by atoms with Gasteiger partial charge < -0.3 is 10.1 Å². The highest BCUT2D eigenvalue weighted by Crippen LogP contribution is 2.38. The Bertz CT molecular complexity index is 1550. The zero-order valence-corrected chi connectivity index (χ0v) is 17.9. The third-order valence-electron chi connectivity index (χ3n) is 5.80. The number of hydrogen-bond donors (Lipinski definition) is 1. The Balaban J connectivity index is 1.79. The Kier molecular flexibility index (Phi) is 4.98. The second kappa shape index (κ2) is 7.96. The highest BCUT2D eigenvalue weighted by atomic mass is 16.5. The maximum Gasteiger partial charge on any atom is 0.263 e. The molecule has 0 saturated heterocycles. The number of aromatic nitrogens is 2. The lowest BCUT2D eigenvalue weighted by molar-refractivity contribution is -0.123. The van der Waals surface area contributed by atoms with E-state index in [4.69, 9.17) is 4.74 Å². The van der Waals surface area contributed by atoms with Gasteiger partial charge in [-0.05, 0) is 37.1 Å². The number of nitrogens with one attached hydrogen (secondary N) is 1. The minimum atomic E-state index is -0.158. The van der Waals surface area contributed by atoms with Gasteiger partial charge in [-0.25, -0.2) is 0 Å². The summed E-state index contributed by atoms with van der Waals surface area (Å²) in [6.45, 7) is 6.46. The smallest absolute Gasteiger partial charge is 0.263 e.